The smallest absolute Gasteiger partial charge is 0.162 e. The number of fused-ring (bicyclic) bond motifs is 1. The van der Waals surface area contributed by atoms with Crippen LogP contribution >= 0.6 is 0 Å². The number of nitrogens with zero attached hydrogens (tertiary/aromatic N) is 5. The van der Waals surface area contributed by atoms with Gasteiger partial charge in [0.1, 0.15) is 17.6 Å². The van der Waals surface area contributed by atoms with Gasteiger partial charge in [-0.15, -0.1) is 0 Å². The van der Waals surface area contributed by atoms with E-state index >= 15 is 0 Å². The first-order valence-corrected chi connectivity index (χ1v) is 11.8. The topological polar surface area (TPSA) is 98.3 Å². The molecular formula is C26H28N6O3. The van der Waals surface area contributed by atoms with Crippen molar-refractivity contribution >= 4 is 16.7 Å². The van der Waals surface area contributed by atoms with Gasteiger partial charge in [0, 0.05) is 41.9 Å². The van der Waals surface area contributed by atoms with Gasteiger partial charge >= 0.3 is 0 Å². The van der Waals surface area contributed by atoms with Crippen molar-refractivity contribution in [1.29, 1.82) is 0 Å². The van der Waals surface area contributed by atoms with Gasteiger partial charge in [0.05, 0.1) is 43.1 Å². The molecule has 0 saturated carbocycles. The van der Waals surface area contributed by atoms with Crippen molar-refractivity contribution in [2.75, 3.05) is 38.3 Å². The first kappa shape index (κ1) is 21.8. The second kappa shape index (κ2) is 8.20. The zero-order valence-electron chi connectivity index (χ0n) is 20.3. The number of aromatic nitrogens is 5. The van der Waals surface area contributed by atoms with Gasteiger partial charge in [0.25, 0.3) is 0 Å². The summed E-state index contributed by atoms with van der Waals surface area (Å²) in [5, 5.41) is 16.9. The fourth-order valence-corrected chi connectivity index (χ4v) is 5.18. The Kier molecular flexibility index (Phi) is 5.10. The van der Waals surface area contributed by atoms with Crippen LogP contribution in [-0.4, -0.2) is 58.8 Å². The van der Waals surface area contributed by atoms with Crippen molar-refractivity contribution < 1.29 is 14.2 Å². The van der Waals surface area contributed by atoms with Crippen molar-refractivity contribution in [3.05, 3.63) is 53.5 Å². The summed E-state index contributed by atoms with van der Waals surface area (Å²) >= 11 is 0. The maximum absolute atomic E-state index is 6.39. The fraction of sp³-hybridized carbons (Fsp3) is 0.385. The highest BCUT2D eigenvalue weighted by atomic mass is 16.5. The molecule has 0 radical (unpaired) electrons. The molecule has 1 atom stereocenters. The van der Waals surface area contributed by atoms with E-state index in [0.29, 0.717) is 16.9 Å². The first-order valence-electron chi connectivity index (χ1n) is 11.8. The zero-order chi connectivity index (χ0) is 24.2. The van der Waals surface area contributed by atoms with Gasteiger partial charge in [-0.2, -0.15) is 15.3 Å². The van der Waals surface area contributed by atoms with Crippen LogP contribution < -0.4 is 14.4 Å². The number of hydrogen-bond donors (Lipinski definition) is 1. The van der Waals surface area contributed by atoms with E-state index in [1.165, 1.54) is 0 Å². The van der Waals surface area contributed by atoms with Crippen LogP contribution in [0.3, 0.4) is 0 Å². The summed E-state index contributed by atoms with van der Waals surface area (Å²) in [5.41, 5.74) is 5.91. The summed E-state index contributed by atoms with van der Waals surface area (Å²) in [6.45, 7) is 9.72. The van der Waals surface area contributed by atoms with Crippen LogP contribution in [-0.2, 0) is 4.74 Å². The SMILES string of the molecule is COc1cc2[nH]nc(-c3ccc(N4CC5(COC5)C4)nc3)c2cc1OC(C)c1c(C)cnnc1C. The Morgan fingerprint density at radius 3 is 2.60 bits per heavy atom. The third-order valence-corrected chi connectivity index (χ3v) is 7.05. The molecule has 3 aromatic heterocycles. The molecule has 5 heterocycles. The normalized spacial score (nSPS) is 17.2. The summed E-state index contributed by atoms with van der Waals surface area (Å²) in [4.78, 5) is 7.01. The Morgan fingerprint density at radius 1 is 1.11 bits per heavy atom. The summed E-state index contributed by atoms with van der Waals surface area (Å²) in [5.74, 6) is 2.27. The Balaban J connectivity index is 1.29. The Labute approximate surface area is 203 Å². The Bertz CT molecular complexity index is 1370. The van der Waals surface area contributed by atoms with Crippen LogP contribution in [0.25, 0.3) is 22.2 Å². The molecule has 0 amide bonds. The molecule has 35 heavy (non-hydrogen) atoms. The third-order valence-electron chi connectivity index (χ3n) is 7.05. The number of rotatable bonds is 6. The standard InChI is InChI=1S/C26H28N6O3/c1-15-9-28-29-16(2)24(15)17(3)35-22-7-19-20(8-21(22)33-4)30-31-25(19)18-5-6-23(27-10-18)32-11-26(12-32)13-34-14-26/h5-10,17H,11-14H2,1-4H3,(H,30,31). The van der Waals surface area contributed by atoms with Gasteiger partial charge in [-0.3, -0.25) is 5.10 Å². The quantitative estimate of drug-likeness (QED) is 0.449. The van der Waals surface area contributed by atoms with Gasteiger partial charge in [-0.25, -0.2) is 4.98 Å². The van der Waals surface area contributed by atoms with Crippen molar-refractivity contribution in [1.82, 2.24) is 25.4 Å². The van der Waals surface area contributed by atoms with Crippen LogP contribution in [0, 0.1) is 19.3 Å². The van der Waals surface area contributed by atoms with Crippen molar-refractivity contribution in [3.8, 4) is 22.8 Å². The molecule has 2 fully saturated rings. The number of nitrogens with one attached hydrogen (secondary N) is 1. The lowest BCUT2D eigenvalue weighted by molar-refractivity contribution is -0.127. The highest BCUT2D eigenvalue weighted by Gasteiger charge is 2.49. The Hall–Kier alpha value is -3.72. The molecule has 0 aliphatic carbocycles. The second-order valence-corrected chi connectivity index (χ2v) is 9.66. The van der Waals surface area contributed by atoms with Crippen LogP contribution in [0.2, 0.25) is 0 Å². The molecule has 4 aromatic rings. The number of ether oxygens (including phenoxy) is 3. The highest BCUT2D eigenvalue weighted by Crippen LogP contribution is 2.41. The molecule has 2 saturated heterocycles. The highest BCUT2D eigenvalue weighted by molar-refractivity contribution is 5.95. The van der Waals surface area contributed by atoms with Crippen molar-refractivity contribution in [2.45, 2.75) is 26.9 Å². The molecule has 1 unspecified atom stereocenters. The average molecular weight is 473 g/mol. The molecule has 9 nitrogen and oxygen atoms in total. The van der Waals surface area contributed by atoms with Crippen LogP contribution in [0.1, 0.15) is 29.8 Å². The maximum atomic E-state index is 6.39. The van der Waals surface area contributed by atoms with Gasteiger partial charge < -0.3 is 19.1 Å². The number of hydrogen-bond acceptors (Lipinski definition) is 8. The lowest BCUT2D eigenvalue weighted by atomic mass is 9.78. The number of pyridine rings is 1. The molecular weight excluding hydrogens is 444 g/mol. The van der Waals surface area contributed by atoms with E-state index in [1.807, 2.05) is 39.1 Å². The molecule has 2 aliphatic heterocycles. The molecule has 1 N–H and O–H groups in total. The molecule has 9 heteroatoms. The molecule has 2 aliphatic rings. The summed E-state index contributed by atoms with van der Waals surface area (Å²) in [7, 11) is 1.64. The van der Waals surface area contributed by atoms with Crippen LogP contribution in [0.15, 0.2) is 36.7 Å². The van der Waals surface area contributed by atoms with Gasteiger partial charge in [0.15, 0.2) is 11.5 Å². The minimum atomic E-state index is -0.228. The summed E-state index contributed by atoms with van der Waals surface area (Å²) < 4.78 is 17.4. The van der Waals surface area contributed by atoms with E-state index in [-0.39, 0.29) is 6.10 Å². The first-order chi connectivity index (χ1) is 17.0. The summed E-state index contributed by atoms with van der Waals surface area (Å²) in [6, 6.07) is 8.03. The maximum Gasteiger partial charge on any atom is 0.162 e. The summed E-state index contributed by atoms with van der Waals surface area (Å²) in [6.07, 6.45) is 3.41. The number of aromatic amines is 1. The molecule has 6 rings (SSSR count). The molecule has 1 aromatic carbocycles. The fourth-order valence-electron chi connectivity index (χ4n) is 5.18. The predicted octanol–water partition coefficient (Wildman–Crippen LogP) is 4.02. The van der Waals surface area contributed by atoms with E-state index in [4.69, 9.17) is 19.2 Å². The van der Waals surface area contributed by atoms with E-state index < -0.39 is 0 Å². The van der Waals surface area contributed by atoms with E-state index in [0.717, 1.165) is 71.1 Å². The largest absolute Gasteiger partial charge is 0.493 e. The van der Waals surface area contributed by atoms with E-state index in [1.54, 1.807) is 13.3 Å². The lowest BCUT2D eigenvalue weighted by Gasteiger charge is -2.55. The van der Waals surface area contributed by atoms with Crippen molar-refractivity contribution in [3.63, 3.8) is 0 Å². The van der Waals surface area contributed by atoms with Crippen LogP contribution in [0.4, 0.5) is 5.82 Å². The predicted molar refractivity (Wildman–Crippen MR) is 132 cm³/mol. The van der Waals surface area contributed by atoms with E-state index in [2.05, 4.69) is 37.4 Å². The van der Waals surface area contributed by atoms with Gasteiger partial charge in [-0.05, 0) is 44.5 Å². The second-order valence-electron chi connectivity index (χ2n) is 9.66. The number of anilines is 1. The molecule has 1 spiro atoms. The number of aryl methyl sites for hydroxylation is 2. The minimum Gasteiger partial charge on any atom is -0.493 e. The molecule has 0 bridgehead atoms. The average Bonchev–Trinajstić information content (AvgIpc) is 3.20. The lowest BCUT2D eigenvalue weighted by Crippen LogP contribution is -2.66. The van der Waals surface area contributed by atoms with Gasteiger partial charge in [0.2, 0.25) is 0 Å². The monoisotopic (exact) mass is 472 g/mol. The third kappa shape index (κ3) is 3.67. The zero-order valence-corrected chi connectivity index (χ0v) is 20.3. The van der Waals surface area contributed by atoms with E-state index in [9.17, 15) is 0 Å². The minimum absolute atomic E-state index is 0.228. The molecule has 180 valence electrons. The number of H-pyrrole nitrogens is 1. The number of methoxy groups -OCH3 is 1. The Morgan fingerprint density at radius 2 is 1.94 bits per heavy atom. The van der Waals surface area contributed by atoms with Crippen molar-refractivity contribution in [2.24, 2.45) is 5.41 Å². The van der Waals surface area contributed by atoms with Gasteiger partial charge in [-0.1, -0.05) is 0 Å². The van der Waals surface area contributed by atoms with Crippen LogP contribution in [0.5, 0.6) is 11.5 Å². The number of benzene rings is 1.